The van der Waals surface area contributed by atoms with Crippen molar-refractivity contribution in [1.82, 2.24) is 9.97 Å². The summed E-state index contributed by atoms with van der Waals surface area (Å²) in [4.78, 5) is 10.5. The van der Waals surface area contributed by atoms with Crippen LogP contribution in [0.5, 0.6) is 0 Å². The topological polar surface area (TPSA) is 55.0 Å². The monoisotopic (exact) mass is 272 g/mol. The number of benzene rings is 1. The van der Waals surface area contributed by atoms with Crippen LogP contribution in [0.25, 0.3) is 0 Å². The van der Waals surface area contributed by atoms with Gasteiger partial charge in [0, 0.05) is 30.8 Å². The normalized spacial score (nSPS) is 18.5. The van der Waals surface area contributed by atoms with Gasteiger partial charge < -0.3 is 10.6 Å². The Morgan fingerprint density at radius 3 is 2.90 bits per heavy atom. The molecule has 0 spiro atoms. The van der Waals surface area contributed by atoms with Gasteiger partial charge in [0.05, 0.1) is 0 Å². The highest BCUT2D eigenvalue weighted by Gasteiger charge is 2.25. The molecule has 1 saturated heterocycles. The summed E-state index contributed by atoms with van der Waals surface area (Å²) in [6.45, 7) is 3.64. The summed E-state index contributed by atoms with van der Waals surface area (Å²) in [6, 6.07) is 8.78. The van der Waals surface area contributed by atoms with Gasteiger partial charge in [-0.15, -0.1) is 0 Å². The molecule has 5 heteroatoms. The molecule has 1 aliphatic heterocycles. The van der Waals surface area contributed by atoms with Crippen molar-refractivity contribution in [2.45, 2.75) is 19.3 Å². The molecule has 3 rings (SSSR count). The molecule has 0 bridgehead atoms. The summed E-state index contributed by atoms with van der Waals surface area (Å²) in [6.07, 6.45) is 0.992. The molecule has 0 saturated carbocycles. The highest BCUT2D eigenvalue weighted by Crippen LogP contribution is 2.30. The summed E-state index contributed by atoms with van der Waals surface area (Å²) in [7, 11) is 0. The number of halogens is 1. The third-order valence-corrected chi connectivity index (χ3v) is 3.69. The second kappa shape index (κ2) is 5.07. The Morgan fingerprint density at radius 1 is 1.30 bits per heavy atom. The molecule has 104 valence electrons. The lowest BCUT2D eigenvalue weighted by Crippen LogP contribution is -2.21. The fourth-order valence-corrected chi connectivity index (χ4v) is 2.74. The molecule has 1 aromatic carbocycles. The molecule has 2 N–H and O–H groups in total. The van der Waals surface area contributed by atoms with Crippen LogP contribution >= 0.6 is 0 Å². The molecule has 0 unspecified atom stereocenters. The zero-order valence-corrected chi connectivity index (χ0v) is 11.4. The summed E-state index contributed by atoms with van der Waals surface area (Å²) >= 11 is 0. The van der Waals surface area contributed by atoms with Crippen LogP contribution in [0.15, 0.2) is 30.3 Å². The van der Waals surface area contributed by atoms with Gasteiger partial charge in [0.25, 0.3) is 0 Å². The van der Waals surface area contributed by atoms with Crippen LogP contribution in [0, 0.1) is 12.7 Å². The van der Waals surface area contributed by atoms with Crippen molar-refractivity contribution in [3.8, 4) is 0 Å². The highest BCUT2D eigenvalue weighted by atomic mass is 19.1. The molecule has 2 aromatic rings. The van der Waals surface area contributed by atoms with Crippen molar-refractivity contribution in [2.75, 3.05) is 23.7 Å². The van der Waals surface area contributed by atoms with Crippen LogP contribution < -0.4 is 10.6 Å². The molecule has 2 heterocycles. The third kappa shape index (κ3) is 2.57. The second-order valence-electron chi connectivity index (χ2n) is 5.21. The van der Waals surface area contributed by atoms with E-state index >= 15 is 0 Å². The smallest absolute Gasteiger partial charge is 0.222 e. The molecule has 20 heavy (non-hydrogen) atoms. The Hall–Kier alpha value is -2.17. The van der Waals surface area contributed by atoms with Crippen molar-refractivity contribution in [3.05, 3.63) is 47.4 Å². The number of rotatable bonds is 2. The fraction of sp³-hybridized carbons (Fsp3) is 0.333. The van der Waals surface area contributed by atoms with E-state index in [1.165, 1.54) is 6.07 Å². The SMILES string of the molecule is Cc1cc(N2CC[C@@H](c3cccc(F)c3)C2)nc(N)n1. The molecule has 0 radical (unpaired) electrons. The Kier molecular flexibility index (Phi) is 3.26. The standard InChI is InChI=1S/C15H17FN4/c1-10-7-14(19-15(17)18-10)20-6-5-12(9-20)11-3-2-4-13(16)8-11/h2-4,7-8,12H,5-6,9H2,1H3,(H2,17,18,19)/t12-/m1/s1. The first-order valence-corrected chi connectivity index (χ1v) is 6.73. The van der Waals surface area contributed by atoms with E-state index in [4.69, 9.17) is 5.73 Å². The van der Waals surface area contributed by atoms with Gasteiger partial charge in [-0.05, 0) is 31.0 Å². The predicted octanol–water partition coefficient (Wildman–Crippen LogP) is 2.50. The van der Waals surface area contributed by atoms with Crippen molar-refractivity contribution in [1.29, 1.82) is 0 Å². The number of nitrogens with two attached hydrogens (primary N) is 1. The van der Waals surface area contributed by atoms with Crippen LogP contribution in [0.3, 0.4) is 0 Å². The summed E-state index contributed by atoms with van der Waals surface area (Å²) in [5.41, 5.74) is 7.60. The lowest BCUT2D eigenvalue weighted by molar-refractivity contribution is 0.621. The predicted molar refractivity (Wildman–Crippen MR) is 77.2 cm³/mol. The average molecular weight is 272 g/mol. The summed E-state index contributed by atoms with van der Waals surface area (Å²) in [5, 5.41) is 0. The molecule has 1 fully saturated rings. The van der Waals surface area contributed by atoms with Crippen LogP contribution in [0.2, 0.25) is 0 Å². The number of nitrogen functional groups attached to an aromatic ring is 1. The van der Waals surface area contributed by atoms with Gasteiger partial charge in [-0.1, -0.05) is 12.1 Å². The number of hydrogen-bond donors (Lipinski definition) is 1. The number of anilines is 2. The Bertz CT molecular complexity index is 609. The van der Waals surface area contributed by atoms with E-state index in [0.717, 1.165) is 36.6 Å². The van der Waals surface area contributed by atoms with Crippen LogP contribution in [-0.4, -0.2) is 23.1 Å². The van der Waals surface area contributed by atoms with Gasteiger partial charge in [0.1, 0.15) is 11.6 Å². The van der Waals surface area contributed by atoms with Crippen molar-refractivity contribution < 1.29 is 4.39 Å². The van der Waals surface area contributed by atoms with Gasteiger partial charge >= 0.3 is 0 Å². The molecule has 1 aromatic heterocycles. The number of aryl methyl sites for hydroxylation is 1. The summed E-state index contributed by atoms with van der Waals surface area (Å²) < 4.78 is 13.3. The lowest BCUT2D eigenvalue weighted by atomic mass is 9.98. The minimum Gasteiger partial charge on any atom is -0.368 e. The minimum absolute atomic E-state index is 0.178. The first kappa shape index (κ1) is 12.8. The zero-order valence-electron chi connectivity index (χ0n) is 11.4. The van der Waals surface area contributed by atoms with E-state index in [1.54, 1.807) is 12.1 Å². The van der Waals surface area contributed by atoms with Crippen molar-refractivity contribution in [2.24, 2.45) is 0 Å². The number of hydrogen-bond acceptors (Lipinski definition) is 4. The van der Waals surface area contributed by atoms with Crippen molar-refractivity contribution >= 4 is 11.8 Å². The maximum absolute atomic E-state index is 13.3. The maximum atomic E-state index is 13.3. The molecule has 1 aliphatic rings. The van der Waals surface area contributed by atoms with Gasteiger partial charge in [-0.25, -0.2) is 9.37 Å². The molecular formula is C15H17FN4. The maximum Gasteiger partial charge on any atom is 0.222 e. The Morgan fingerprint density at radius 2 is 2.15 bits per heavy atom. The van der Waals surface area contributed by atoms with Gasteiger partial charge in [-0.2, -0.15) is 4.98 Å². The molecule has 1 atom stereocenters. The Balaban J connectivity index is 1.79. The van der Waals surface area contributed by atoms with Crippen molar-refractivity contribution in [3.63, 3.8) is 0 Å². The van der Waals surface area contributed by atoms with E-state index in [0.29, 0.717) is 11.9 Å². The van der Waals surface area contributed by atoms with Crippen LogP contribution in [0.4, 0.5) is 16.2 Å². The average Bonchev–Trinajstić information content (AvgIpc) is 2.87. The number of aromatic nitrogens is 2. The highest BCUT2D eigenvalue weighted by molar-refractivity contribution is 5.45. The molecule has 0 amide bonds. The quantitative estimate of drug-likeness (QED) is 0.912. The minimum atomic E-state index is -0.178. The Labute approximate surface area is 117 Å². The van der Waals surface area contributed by atoms with E-state index in [9.17, 15) is 4.39 Å². The van der Waals surface area contributed by atoms with Crippen LogP contribution in [-0.2, 0) is 0 Å². The van der Waals surface area contributed by atoms with Gasteiger partial charge in [-0.3, -0.25) is 0 Å². The van der Waals surface area contributed by atoms with Crippen LogP contribution in [0.1, 0.15) is 23.6 Å². The number of nitrogens with zero attached hydrogens (tertiary/aromatic N) is 3. The van der Waals surface area contributed by atoms with Gasteiger partial charge in [0.2, 0.25) is 5.95 Å². The van der Waals surface area contributed by atoms with Gasteiger partial charge in [0.15, 0.2) is 0 Å². The van der Waals surface area contributed by atoms with E-state index in [1.807, 2.05) is 19.1 Å². The lowest BCUT2D eigenvalue weighted by Gasteiger charge is -2.18. The van der Waals surface area contributed by atoms with E-state index in [-0.39, 0.29) is 5.82 Å². The summed E-state index contributed by atoms with van der Waals surface area (Å²) in [5.74, 6) is 1.31. The largest absolute Gasteiger partial charge is 0.368 e. The zero-order chi connectivity index (χ0) is 14.1. The molecule has 0 aliphatic carbocycles. The fourth-order valence-electron chi connectivity index (χ4n) is 2.74. The molecule has 4 nitrogen and oxygen atoms in total. The molecular weight excluding hydrogens is 255 g/mol. The van der Waals surface area contributed by atoms with E-state index < -0.39 is 0 Å². The third-order valence-electron chi connectivity index (χ3n) is 3.69. The first-order valence-electron chi connectivity index (χ1n) is 6.73. The second-order valence-corrected chi connectivity index (χ2v) is 5.21. The first-order chi connectivity index (χ1) is 9.61. The van der Waals surface area contributed by atoms with E-state index in [2.05, 4.69) is 14.9 Å².